The van der Waals surface area contributed by atoms with Crippen LogP contribution in [0.5, 0.6) is 5.75 Å². The summed E-state index contributed by atoms with van der Waals surface area (Å²) in [4.78, 5) is 15.7. The Kier molecular flexibility index (Phi) is 10.1. The molecule has 1 amide bonds. The Labute approximate surface area is 189 Å². The Bertz CT molecular complexity index is 834. The van der Waals surface area contributed by atoms with Crippen LogP contribution in [0, 0.1) is 0 Å². The van der Waals surface area contributed by atoms with E-state index in [2.05, 4.69) is 76.0 Å². The van der Waals surface area contributed by atoms with Gasteiger partial charge in [0.05, 0.1) is 12.2 Å². The summed E-state index contributed by atoms with van der Waals surface area (Å²) in [5.41, 5.74) is 5.22. The minimum absolute atomic E-state index is 0.0795. The number of carbonyl (C=O) groups is 1. The van der Waals surface area contributed by atoms with E-state index in [0.717, 1.165) is 24.4 Å². The van der Waals surface area contributed by atoms with Crippen LogP contribution in [0.25, 0.3) is 0 Å². The zero-order chi connectivity index (χ0) is 22.8. The van der Waals surface area contributed by atoms with E-state index >= 15 is 0 Å². The number of ether oxygens (including phenoxy) is 1. The fourth-order valence-corrected chi connectivity index (χ4v) is 3.74. The van der Waals surface area contributed by atoms with Gasteiger partial charge in [-0.15, -0.1) is 0 Å². The van der Waals surface area contributed by atoms with Gasteiger partial charge < -0.3 is 14.5 Å². The number of hydrogen-bond donors (Lipinski definition) is 0. The predicted molar refractivity (Wildman–Crippen MR) is 131 cm³/mol. The molecule has 0 fully saturated rings. The van der Waals surface area contributed by atoms with Crippen LogP contribution in [0.4, 0.5) is 5.69 Å². The Morgan fingerprint density at radius 3 is 2.39 bits per heavy atom. The first kappa shape index (κ1) is 24.9. The molecule has 2 aromatic carbocycles. The van der Waals surface area contributed by atoms with E-state index < -0.39 is 0 Å². The van der Waals surface area contributed by atoms with Crippen molar-refractivity contribution in [3.63, 3.8) is 0 Å². The number of anilines is 1. The highest BCUT2D eigenvalue weighted by molar-refractivity contribution is 5.93. The molecule has 0 N–H and O–H groups in total. The number of likely N-dealkylation sites (N-methyl/N-ethyl adjacent to an activating group) is 1. The van der Waals surface area contributed by atoms with E-state index in [4.69, 9.17) is 4.74 Å². The molecule has 0 saturated carbocycles. The second-order valence-electron chi connectivity index (χ2n) is 8.52. The summed E-state index contributed by atoms with van der Waals surface area (Å²) < 4.78 is 5.58. The van der Waals surface area contributed by atoms with Crippen LogP contribution in [0.3, 0.4) is 0 Å². The van der Waals surface area contributed by atoms with E-state index in [-0.39, 0.29) is 5.91 Å². The van der Waals surface area contributed by atoms with Gasteiger partial charge in [-0.1, -0.05) is 64.4 Å². The van der Waals surface area contributed by atoms with Crippen molar-refractivity contribution in [1.82, 2.24) is 4.90 Å². The van der Waals surface area contributed by atoms with Crippen LogP contribution < -0.4 is 9.64 Å². The fourth-order valence-electron chi connectivity index (χ4n) is 3.74. The maximum Gasteiger partial charge on any atom is 0.224 e. The van der Waals surface area contributed by atoms with Crippen molar-refractivity contribution in [2.24, 2.45) is 0 Å². The first-order valence-corrected chi connectivity index (χ1v) is 11.7. The molecular weight excluding hydrogens is 384 g/mol. The number of hydrogen-bond acceptors (Lipinski definition) is 3. The van der Waals surface area contributed by atoms with Crippen molar-refractivity contribution >= 4 is 11.6 Å². The zero-order valence-corrected chi connectivity index (χ0v) is 20.3. The van der Waals surface area contributed by atoms with Gasteiger partial charge >= 0.3 is 0 Å². The van der Waals surface area contributed by atoms with Crippen molar-refractivity contribution in [2.45, 2.75) is 66.3 Å². The maximum absolute atomic E-state index is 11.6. The molecular formula is C27H40N2O2. The van der Waals surface area contributed by atoms with Crippen LogP contribution in [-0.4, -0.2) is 37.6 Å². The lowest BCUT2D eigenvalue weighted by atomic mass is 9.97. The van der Waals surface area contributed by atoms with Crippen LogP contribution in [0.2, 0.25) is 0 Å². The SMILES string of the molecule is CCC.CCC(C)c1ccc2c(c1)N(C(C)=O)CCO2.CN1CCc2ccccc2C1. The lowest BCUT2D eigenvalue weighted by Crippen LogP contribution is -2.36. The molecule has 4 heteroatoms. The van der Waals surface area contributed by atoms with Crippen LogP contribution in [0.15, 0.2) is 42.5 Å². The van der Waals surface area contributed by atoms with Gasteiger partial charge in [0.2, 0.25) is 5.91 Å². The molecule has 0 radical (unpaired) electrons. The van der Waals surface area contributed by atoms with E-state index in [1.54, 1.807) is 11.8 Å². The van der Waals surface area contributed by atoms with E-state index in [9.17, 15) is 4.79 Å². The van der Waals surface area contributed by atoms with Gasteiger partial charge in [0.15, 0.2) is 0 Å². The minimum atomic E-state index is 0.0795. The molecule has 2 heterocycles. The van der Waals surface area contributed by atoms with Crippen molar-refractivity contribution < 1.29 is 9.53 Å². The lowest BCUT2D eigenvalue weighted by molar-refractivity contribution is -0.116. The molecule has 0 aliphatic carbocycles. The maximum atomic E-state index is 11.6. The molecule has 4 rings (SSSR count). The normalized spacial score (nSPS) is 15.7. The van der Waals surface area contributed by atoms with Crippen molar-refractivity contribution in [1.29, 1.82) is 0 Å². The first-order chi connectivity index (χ1) is 14.9. The van der Waals surface area contributed by atoms with Gasteiger partial charge in [-0.05, 0) is 54.6 Å². The largest absolute Gasteiger partial charge is 0.490 e. The third-order valence-corrected chi connectivity index (χ3v) is 5.73. The number of carbonyl (C=O) groups excluding carboxylic acids is 1. The molecule has 1 atom stereocenters. The average molecular weight is 425 g/mol. The third kappa shape index (κ3) is 7.10. The summed E-state index contributed by atoms with van der Waals surface area (Å²) in [6.45, 7) is 13.8. The number of benzene rings is 2. The summed E-state index contributed by atoms with van der Waals surface area (Å²) in [6, 6.07) is 14.9. The molecule has 0 aromatic heterocycles. The topological polar surface area (TPSA) is 32.8 Å². The molecule has 0 spiro atoms. The number of rotatable bonds is 2. The van der Waals surface area contributed by atoms with Gasteiger partial charge in [-0.2, -0.15) is 0 Å². The quantitative estimate of drug-likeness (QED) is 0.589. The zero-order valence-electron chi connectivity index (χ0n) is 20.3. The molecule has 0 saturated heterocycles. The second kappa shape index (κ2) is 12.5. The Morgan fingerprint density at radius 1 is 1.06 bits per heavy atom. The highest BCUT2D eigenvalue weighted by Gasteiger charge is 2.22. The summed E-state index contributed by atoms with van der Waals surface area (Å²) in [5, 5.41) is 0. The monoisotopic (exact) mass is 424 g/mol. The standard InChI is InChI=1S/C14H19NO2.C10H13N.C3H8/c1-4-10(2)12-5-6-14-13(9-12)15(11(3)16)7-8-17-14;1-11-7-6-9-4-2-3-5-10(9)8-11;1-3-2/h5-6,9-10H,4,7-8H2,1-3H3;2-5H,6-8H2,1H3;3H2,1-2H3. The van der Waals surface area contributed by atoms with Gasteiger partial charge in [-0.25, -0.2) is 0 Å². The van der Waals surface area contributed by atoms with Gasteiger partial charge in [0.1, 0.15) is 12.4 Å². The average Bonchev–Trinajstić information content (AvgIpc) is 2.78. The predicted octanol–water partition coefficient (Wildman–Crippen LogP) is 6.04. The van der Waals surface area contributed by atoms with Crippen LogP contribution in [0.1, 0.15) is 70.1 Å². The van der Waals surface area contributed by atoms with E-state index in [1.165, 1.54) is 36.1 Å². The van der Waals surface area contributed by atoms with Crippen molar-refractivity contribution in [2.75, 3.05) is 31.6 Å². The number of amides is 1. The van der Waals surface area contributed by atoms with Crippen molar-refractivity contribution in [3.8, 4) is 5.75 Å². The molecule has 31 heavy (non-hydrogen) atoms. The van der Waals surface area contributed by atoms with Gasteiger partial charge in [0.25, 0.3) is 0 Å². The number of nitrogens with zero attached hydrogens (tertiary/aromatic N) is 2. The van der Waals surface area contributed by atoms with E-state index in [0.29, 0.717) is 19.1 Å². The molecule has 0 bridgehead atoms. The first-order valence-electron chi connectivity index (χ1n) is 11.7. The second-order valence-corrected chi connectivity index (χ2v) is 8.52. The minimum Gasteiger partial charge on any atom is -0.490 e. The lowest BCUT2D eigenvalue weighted by Gasteiger charge is -2.29. The Hall–Kier alpha value is -2.33. The summed E-state index contributed by atoms with van der Waals surface area (Å²) in [5.74, 6) is 1.41. The van der Waals surface area contributed by atoms with Gasteiger partial charge in [-0.3, -0.25) is 4.79 Å². The Balaban J connectivity index is 0.000000209. The molecule has 2 aliphatic rings. The van der Waals surface area contributed by atoms with E-state index in [1.807, 2.05) is 6.07 Å². The fraction of sp³-hybridized carbons (Fsp3) is 0.519. The molecule has 2 aromatic rings. The summed E-state index contributed by atoms with van der Waals surface area (Å²) in [7, 11) is 2.18. The smallest absolute Gasteiger partial charge is 0.224 e. The van der Waals surface area contributed by atoms with Gasteiger partial charge in [0, 0.05) is 20.0 Å². The number of fused-ring (bicyclic) bond motifs is 2. The van der Waals surface area contributed by atoms with Crippen LogP contribution in [-0.2, 0) is 17.8 Å². The third-order valence-electron chi connectivity index (χ3n) is 5.73. The highest BCUT2D eigenvalue weighted by Crippen LogP contribution is 2.35. The Morgan fingerprint density at radius 2 is 1.74 bits per heavy atom. The summed E-state index contributed by atoms with van der Waals surface area (Å²) >= 11 is 0. The summed E-state index contributed by atoms with van der Waals surface area (Å²) in [6.07, 6.45) is 3.56. The molecule has 2 aliphatic heterocycles. The molecule has 170 valence electrons. The van der Waals surface area contributed by atoms with Crippen molar-refractivity contribution in [3.05, 3.63) is 59.2 Å². The highest BCUT2D eigenvalue weighted by atomic mass is 16.5. The molecule has 4 nitrogen and oxygen atoms in total. The van der Waals surface area contributed by atoms with Crippen LogP contribution >= 0.6 is 0 Å². The molecule has 1 unspecified atom stereocenters.